The number of oxime groups is 1. The molecule has 1 aromatic carbocycles. The highest BCUT2D eigenvalue weighted by atomic mass is 19.4. The fraction of sp³-hybridized carbons (Fsp3) is 0.417. The Bertz CT molecular complexity index is 464. The summed E-state index contributed by atoms with van der Waals surface area (Å²) in [6.07, 6.45) is -4.67. The van der Waals surface area contributed by atoms with E-state index >= 15 is 0 Å². The molecule has 0 radical (unpaired) electrons. The van der Waals surface area contributed by atoms with Gasteiger partial charge in [-0.1, -0.05) is 17.3 Å². The van der Waals surface area contributed by atoms with Crippen molar-refractivity contribution in [2.75, 3.05) is 13.2 Å². The molecule has 5 nitrogen and oxygen atoms in total. The van der Waals surface area contributed by atoms with Crippen molar-refractivity contribution >= 4 is 5.84 Å². The quantitative estimate of drug-likeness (QED) is 0.365. The highest BCUT2D eigenvalue weighted by Gasteiger charge is 2.43. The van der Waals surface area contributed by atoms with Gasteiger partial charge in [0.1, 0.15) is 12.5 Å². The number of amidine groups is 1. The van der Waals surface area contributed by atoms with Crippen LogP contribution in [0.1, 0.15) is 6.92 Å². The number of hydrogen-bond donors (Lipinski definition) is 2. The summed E-state index contributed by atoms with van der Waals surface area (Å²) in [7, 11) is 0. The first kappa shape index (κ1) is 15.9. The minimum absolute atomic E-state index is 0.161. The molecular weight excluding hydrogens is 277 g/mol. The van der Waals surface area contributed by atoms with E-state index in [2.05, 4.69) is 5.16 Å². The molecule has 1 atom stereocenters. The van der Waals surface area contributed by atoms with Crippen LogP contribution < -0.4 is 15.2 Å². The fourth-order valence-electron chi connectivity index (χ4n) is 1.43. The van der Waals surface area contributed by atoms with Gasteiger partial charge in [0.05, 0.1) is 6.61 Å². The molecule has 0 aliphatic carbocycles. The highest BCUT2D eigenvalue weighted by Crippen LogP contribution is 2.30. The first-order valence-electron chi connectivity index (χ1n) is 5.78. The van der Waals surface area contributed by atoms with Crippen LogP contribution in [0.25, 0.3) is 0 Å². The predicted molar refractivity (Wildman–Crippen MR) is 66.1 cm³/mol. The zero-order valence-corrected chi connectivity index (χ0v) is 10.7. The maximum Gasteiger partial charge on any atom is 0.402 e. The number of halogens is 3. The minimum atomic E-state index is -4.67. The molecule has 0 fully saturated rings. The number of para-hydroxylation sites is 2. The third kappa shape index (κ3) is 4.22. The molecule has 0 spiro atoms. The molecule has 0 heterocycles. The molecule has 8 heteroatoms. The van der Waals surface area contributed by atoms with Gasteiger partial charge in [0.15, 0.2) is 17.3 Å². The van der Waals surface area contributed by atoms with Gasteiger partial charge in [0, 0.05) is 0 Å². The zero-order valence-electron chi connectivity index (χ0n) is 10.7. The Kier molecular flexibility index (Phi) is 5.48. The van der Waals surface area contributed by atoms with Crippen molar-refractivity contribution in [1.82, 2.24) is 0 Å². The summed E-state index contributed by atoms with van der Waals surface area (Å²) < 4.78 is 48.5. The van der Waals surface area contributed by atoms with E-state index in [-0.39, 0.29) is 5.75 Å². The Morgan fingerprint density at radius 3 is 2.30 bits per heavy atom. The fourth-order valence-corrected chi connectivity index (χ4v) is 1.43. The maximum absolute atomic E-state index is 12.7. The number of ether oxygens (including phenoxy) is 2. The standard InChI is InChI=1S/C12H15F3N2O3/c1-2-19-9-5-3-4-6-10(9)20-7-8(11(16)17-18)12(13,14)15/h3-6,8,18H,2,7H2,1H3,(H2,16,17). The van der Waals surface area contributed by atoms with Crippen LogP contribution in [0, 0.1) is 5.92 Å². The topological polar surface area (TPSA) is 77.1 Å². The zero-order chi connectivity index (χ0) is 15.2. The normalized spacial score (nSPS) is 13.9. The lowest BCUT2D eigenvalue weighted by Gasteiger charge is -2.20. The van der Waals surface area contributed by atoms with Crippen LogP contribution in [0.4, 0.5) is 13.2 Å². The average molecular weight is 292 g/mol. The molecule has 112 valence electrons. The number of rotatable bonds is 6. The van der Waals surface area contributed by atoms with Gasteiger partial charge in [-0.3, -0.25) is 0 Å². The number of nitrogens with two attached hydrogens (primary N) is 1. The van der Waals surface area contributed by atoms with Gasteiger partial charge in [0.2, 0.25) is 0 Å². The second-order valence-electron chi connectivity index (χ2n) is 3.81. The lowest BCUT2D eigenvalue weighted by atomic mass is 10.1. The molecule has 3 N–H and O–H groups in total. The average Bonchev–Trinajstić information content (AvgIpc) is 2.39. The highest BCUT2D eigenvalue weighted by molar-refractivity contribution is 5.83. The second-order valence-corrected chi connectivity index (χ2v) is 3.81. The third-order valence-corrected chi connectivity index (χ3v) is 2.42. The van der Waals surface area contributed by atoms with Gasteiger partial charge in [0.25, 0.3) is 0 Å². The van der Waals surface area contributed by atoms with Gasteiger partial charge in [-0.05, 0) is 19.1 Å². The van der Waals surface area contributed by atoms with Crippen molar-refractivity contribution in [2.45, 2.75) is 13.1 Å². The first-order valence-corrected chi connectivity index (χ1v) is 5.78. The molecule has 1 aromatic rings. The van der Waals surface area contributed by atoms with Crippen molar-refractivity contribution in [1.29, 1.82) is 0 Å². The molecule has 1 unspecified atom stereocenters. The van der Waals surface area contributed by atoms with Gasteiger partial charge in [-0.25, -0.2) is 0 Å². The van der Waals surface area contributed by atoms with Crippen molar-refractivity contribution < 1.29 is 27.9 Å². The largest absolute Gasteiger partial charge is 0.490 e. The van der Waals surface area contributed by atoms with E-state index in [1.54, 1.807) is 25.1 Å². The van der Waals surface area contributed by atoms with E-state index in [4.69, 9.17) is 20.4 Å². The van der Waals surface area contributed by atoms with Crippen molar-refractivity contribution in [2.24, 2.45) is 16.8 Å². The molecule has 20 heavy (non-hydrogen) atoms. The number of hydrogen-bond acceptors (Lipinski definition) is 4. The molecule has 0 amide bonds. The smallest absolute Gasteiger partial charge is 0.402 e. The summed E-state index contributed by atoms with van der Waals surface area (Å²) in [6.45, 7) is 1.29. The SMILES string of the molecule is CCOc1ccccc1OCC(/C(N)=N/O)C(F)(F)F. The van der Waals surface area contributed by atoms with Crippen molar-refractivity contribution in [3.05, 3.63) is 24.3 Å². The lowest BCUT2D eigenvalue weighted by Crippen LogP contribution is -2.40. The molecule has 0 saturated heterocycles. The second kappa shape index (κ2) is 6.88. The molecular formula is C12H15F3N2O3. The van der Waals surface area contributed by atoms with E-state index in [1.165, 1.54) is 6.07 Å². The van der Waals surface area contributed by atoms with Crippen LogP contribution in [-0.4, -0.2) is 30.4 Å². The summed E-state index contributed by atoms with van der Waals surface area (Å²) in [5.74, 6) is -2.65. The lowest BCUT2D eigenvalue weighted by molar-refractivity contribution is -0.162. The van der Waals surface area contributed by atoms with Gasteiger partial charge in [-0.15, -0.1) is 0 Å². The molecule has 1 rings (SSSR count). The van der Waals surface area contributed by atoms with Crippen LogP contribution in [0.3, 0.4) is 0 Å². The minimum Gasteiger partial charge on any atom is -0.490 e. The Labute approximate surface area is 113 Å². The first-order chi connectivity index (χ1) is 9.40. The monoisotopic (exact) mass is 292 g/mol. The summed E-state index contributed by atoms with van der Waals surface area (Å²) in [6, 6.07) is 6.32. The van der Waals surface area contributed by atoms with E-state index in [1.807, 2.05) is 0 Å². The van der Waals surface area contributed by atoms with E-state index in [9.17, 15) is 13.2 Å². The van der Waals surface area contributed by atoms with Gasteiger partial charge < -0.3 is 20.4 Å². The van der Waals surface area contributed by atoms with Crippen LogP contribution in [0.15, 0.2) is 29.4 Å². The van der Waals surface area contributed by atoms with Crippen LogP contribution in [0.5, 0.6) is 11.5 Å². The van der Waals surface area contributed by atoms with E-state index < -0.39 is 24.5 Å². The third-order valence-electron chi connectivity index (χ3n) is 2.42. The van der Waals surface area contributed by atoms with Crippen molar-refractivity contribution in [3.63, 3.8) is 0 Å². The Hall–Kier alpha value is -2.12. The molecule has 0 aromatic heterocycles. The number of nitrogens with zero attached hydrogens (tertiary/aromatic N) is 1. The molecule has 0 bridgehead atoms. The van der Waals surface area contributed by atoms with Gasteiger partial charge >= 0.3 is 6.18 Å². The Balaban J connectivity index is 2.83. The van der Waals surface area contributed by atoms with E-state index in [0.717, 1.165) is 0 Å². The summed E-state index contributed by atoms with van der Waals surface area (Å²) in [5, 5.41) is 10.8. The van der Waals surface area contributed by atoms with Gasteiger partial charge in [-0.2, -0.15) is 13.2 Å². The number of benzene rings is 1. The Morgan fingerprint density at radius 1 is 1.30 bits per heavy atom. The predicted octanol–water partition coefficient (Wildman–Crippen LogP) is 2.39. The summed E-state index contributed by atoms with van der Waals surface area (Å²) in [4.78, 5) is 0. The van der Waals surface area contributed by atoms with Crippen LogP contribution >= 0.6 is 0 Å². The van der Waals surface area contributed by atoms with Crippen LogP contribution in [-0.2, 0) is 0 Å². The summed E-state index contributed by atoms with van der Waals surface area (Å²) in [5.41, 5.74) is 5.03. The molecule has 0 saturated carbocycles. The van der Waals surface area contributed by atoms with E-state index in [0.29, 0.717) is 12.4 Å². The van der Waals surface area contributed by atoms with Crippen LogP contribution in [0.2, 0.25) is 0 Å². The Morgan fingerprint density at radius 2 is 1.85 bits per heavy atom. The molecule has 0 aliphatic rings. The number of alkyl halides is 3. The van der Waals surface area contributed by atoms with Crippen molar-refractivity contribution in [3.8, 4) is 11.5 Å². The molecule has 0 aliphatic heterocycles. The summed E-state index contributed by atoms with van der Waals surface area (Å²) >= 11 is 0. The maximum atomic E-state index is 12.7.